The molecule has 0 bridgehead atoms. The molecule has 0 atom stereocenters. The molecule has 0 fully saturated rings. The van der Waals surface area contributed by atoms with E-state index in [4.69, 9.17) is 0 Å². The molecule has 4 heterocycles. The van der Waals surface area contributed by atoms with Gasteiger partial charge >= 0.3 is 0 Å². The molecule has 0 radical (unpaired) electrons. The molecule has 2 N–H and O–H groups in total. The second-order valence-corrected chi connectivity index (χ2v) is 7.78. The number of carbonyl (C=O) groups excluding carboxylic acids is 2. The maximum atomic E-state index is 12.9. The first-order valence-electron chi connectivity index (χ1n) is 10.5. The van der Waals surface area contributed by atoms with Crippen LogP contribution < -0.4 is 5.32 Å². The second-order valence-electron chi connectivity index (χ2n) is 7.78. The molecule has 1 aliphatic rings. The Bertz CT molecular complexity index is 1350. The van der Waals surface area contributed by atoms with Crippen LogP contribution >= 0.6 is 0 Å². The van der Waals surface area contributed by atoms with Crippen LogP contribution in [0.5, 0.6) is 0 Å². The van der Waals surface area contributed by atoms with Crippen molar-refractivity contribution in [2.24, 2.45) is 0 Å². The summed E-state index contributed by atoms with van der Waals surface area (Å²) in [6.07, 6.45) is 7.92. The van der Waals surface area contributed by atoms with Crippen molar-refractivity contribution in [3.8, 4) is 0 Å². The lowest BCUT2D eigenvalue weighted by Gasteiger charge is -2.04. The number of aromatic nitrogens is 3. The quantitative estimate of drug-likeness (QED) is 0.445. The highest BCUT2D eigenvalue weighted by Gasteiger charge is 2.34. The largest absolute Gasteiger partial charge is 0.396 e. The molecule has 160 valence electrons. The topological polar surface area (TPSA) is 89.2 Å². The standard InChI is InChI=1S/C25H22N4O3/c30-13-5-11-29-16-20(19-8-4-10-26-23(19)29)22-21(24(31)27-25(22)32)18-9-12-28(15-18)14-17-6-2-1-3-7-17/h1-4,6-10,12,15-16,30H,5,11,13-14H2,(H,27,31,32). The Kier molecular flexibility index (Phi) is 5.17. The van der Waals surface area contributed by atoms with Crippen molar-refractivity contribution in [1.29, 1.82) is 0 Å². The van der Waals surface area contributed by atoms with Crippen LogP contribution in [0.2, 0.25) is 0 Å². The number of imide groups is 1. The molecule has 0 unspecified atom stereocenters. The summed E-state index contributed by atoms with van der Waals surface area (Å²) >= 11 is 0. The fourth-order valence-corrected chi connectivity index (χ4v) is 4.20. The molecule has 5 rings (SSSR count). The first kappa shape index (κ1) is 20.0. The minimum atomic E-state index is -0.411. The Morgan fingerprint density at radius 2 is 1.75 bits per heavy atom. The van der Waals surface area contributed by atoms with E-state index in [1.165, 1.54) is 0 Å². The summed E-state index contributed by atoms with van der Waals surface area (Å²) in [5.74, 6) is -0.812. The van der Waals surface area contributed by atoms with Crippen molar-refractivity contribution in [1.82, 2.24) is 19.4 Å². The molecule has 32 heavy (non-hydrogen) atoms. The van der Waals surface area contributed by atoms with Crippen LogP contribution in [0, 0.1) is 0 Å². The highest BCUT2D eigenvalue weighted by Crippen LogP contribution is 2.35. The number of nitrogens with one attached hydrogen (secondary N) is 1. The number of aliphatic hydroxyl groups is 1. The molecular weight excluding hydrogens is 404 g/mol. The number of carbonyl (C=O) groups is 2. The molecule has 1 aliphatic heterocycles. The number of hydrogen-bond acceptors (Lipinski definition) is 4. The van der Waals surface area contributed by atoms with Gasteiger partial charge in [-0.15, -0.1) is 0 Å². The number of pyridine rings is 1. The monoisotopic (exact) mass is 426 g/mol. The maximum Gasteiger partial charge on any atom is 0.259 e. The normalized spacial score (nSPS) is 13.9. The van der Waals surface area contributed by atoms with Gasteiger partial charge in [0.2, 0.25) is 0 Å². The summed E-state index contributed by atoms with van der Waals surface area (Å²) in [5.41, 5.74) is 3.95. The van der Waals surface area contributed by atoms with Crippen molar-refractivity contribution in [2.75, 3.05) is 6.61 Å². The predicted molar refractivity (Wildman–Crippen MR) is 121 cm³/mol. The number of aliphatic hydroxyl groups excluding tert-OH is 1. The highest BCUT2D eigenvalue weighted by molar-refractivity contribution is 6.50. The van der Waals surface area contributed by atoms with Gasteiger partial charge in [0.25, 0.3) is 11.8 Å². The van der Waals surface area contributed by atoms with Gasteiger partial charge in [-0.3, -0.25) is 14.9 Å². The molecule has 0 aliphatic carbocycles. The van der Waals surface area contributed by atoms with Gasteiger partial charge in [0.15, 0.2) is 0 Å². The lowest BCUT2D eigenvalue weighted by Crippen LogP contribution is -2.22. The van der Waals surface area contributed by atoms with Gasteiger partial charge in [0, 0.05) is 61.0 Å². The SMILES string of the molecule is O=C1NC(=O)C(c2cn(CCCO)c3ncccc23)=C1c1ccn(Cc2ccccc2)c1. The van der Waals surface area contributed by atoms with Crippen molar-refractivity contribution in [3.63, 3.8) is 0 Å². The van der Waals surface area contributed by atoms with E-state index >= 15 is 0 Å². The minimum absolute atomic E-state index is 0.0592. The van der Waals surface area contributed by atoms with E-state index in [0.717, 1.165) is 16.6 Å². The smallest absolute Gasteiger partial charge is 0.259 e. The van der Waals surface area contributed by atoms with E-state index in [9.17, 15) is 14.7 Å². The number of fused-ring (bicyclic) bond motifs is 1. The predicted octanol–water partition coefficient (Wildman–Crippen LogP) is 2.84. The van der Waals surface area contributed by atoms with Gasteiger partial charge in [0.1, 0.15) is 5.65 Å². The van der Waals surface area contributed by atoms with E-state index in [-0.39, 0.29) is 6.61 Å². The van der Waals surface area contributed by atoms with Crippen LogP contribution in [0.1, 0.15) is 23.1 Å². The molecular formula is C25H22N4O3. The lowest BCUT2D eigenvalue weighted by atomic mass is 9.98. The van der Waals surface area contributed by atoms with Crippen molar-refractivity contribution >= 4 is 34.0 Å². The van der Waals surface area contributed by atoms with Crippen LogP contribution in [0.4, 0.5) is 0 Å². The summed E-state index contributed by atoms with van der Waals surface area (Å²) in [6.45, 7) is 1.29. The van der Waals surface area contributed by atoms with Crippen LogP contribution in [-0.4, -0.2) is 37.6 Å². The van der Waals surface area contributed by atoms with Crippen LogP contribution in [-0.2, 0) is 22.7 Å². The molecule has 0 saturated heterocycles. The van der Waals surface area contributed by atoms with E-state index in [0.29, 0.717) is 41.8 Å². The van der Waals surface area contributed by atoms with Crippen LogP contribution in [0.3, 0.4) is 0 Å². The molecule has 0 spiro atoms. The third kappa shape index (κ3) is 3.52. The van der Waals surface area contributed by atoms with Crippen molar-refractivity contribution in [3.05, 3.63) is 90.0 Å². The van der Waals surface area contributed by atoms with E-state index in [2.05, 4.69) is 10.3 Å². The molecule has 0 saturated carbocycles. The Balaban J connectivity index is 1.60. The zero-order valence-corrected chi connectivity index (χ0v) is 17.4. The Labute approximate surface area is 184 Å². The Morgan fingerprint density at radius 3 is 2.56 bits per heavy atom. The fourth-order valence-electron chi connectivity index (χ4n) is 4.20. The summed E-state index contributed by atoms with van der Waals surface area (Å²) in [6, 6.07) is 15.6. The average molecular weight is 426 g/mol. The van der Waals surface area contributed by atoms with Crippen molar-refractivity contribution < 1.29 is 14.7 Å². The molecule has 7 nitrogen and oxygen atoms in total. The van der Waals surface area contributed by atoms with E-state index in [1.807, 2.05) is 76.3 Å². The van der Waals surface area contributed by atoms with Crippen molar-refractivity contribution in [2.45, 2.75) is 19.5 Å². The number of nitrogens with zero attached hydrogens (tertiary/aromatic N) is 3. The second kappa shape index (κ2) is 8.28. The first-order chi connectivity index (χ1) is 15.7. The van der Waals surface area contributed by atoms with Gasteiger partial charge in [-0.25, -0.2) is 4.98 Å². The molecule has 4 aromatic rings. The van der Waals surface area contributed by atoms with Gasteiger partial charge in [-0.1, -0.05) is 30.3 Å². The Morgan fingerprint density at radius 1 is 0.938 bits per heavy atom. The van der Waals surface area contributed by atoms with Gasteiger partial charge in [0.05, 0.1) is 11.1 Å². The van der Waals surface area contributed by atoms with E-state index in [1.54, 1.807) is 6.20 Å². The zero-order chi connectivity index (χ0) is 22.1. The summed E-state index contributed by atoms with van der Waals surface area (Å²) in [5, 5.41) is 12.5. The summed E-state index contributed by atoms with van der Waals surface area (Å²) in [4.78, 5) is 30.1. The number of aryl methyl sites for hydroxylation is 1. The van der Waals surface area contributed by atoms with Gasteiger partial charge < -0.3 is 14.2 Å². The lowest BCUT2D eigenvalue weighted by molar-refractivity contribution is -0.122. The van der Waals surface area contributed by atoms with Crippen LogP contribution in [0.15, 0.2) is 73.3 Å². The Hall–Kier alpha value is -3.97. The summed E-state index contributed by atoms with van der Waals surface area (Å²) < 4.78 is 3.92. The number of benzene rings is 1. The van der Waals surface area contributed by atoms with Gasteiger partial charge in [-0.2, -0.15) is 0 Å². The van der Waals surface area contributed by atoms with Crippen LogP contribution in [0.25, 0.3) is 22.2 Å². The molecule has 2 amide bonds. The van der Waals surface area contributed by atoms with E-state index < -0.39 is 11.8 Å². The number of hydrogen-bond donors (Lipinski definition) is 2. The highest BCUT2D eigenvalue weighted by atomic mass is 16.3. The average Bonchev–Trinajstić information content (AvgIpc) is 3.48. The third-order valence-electron chi connectivity index (χ3n) is 5.64. The third-order valence-corrected chi connectivity index (χ3v) is 5.64. The minimum Gasteiger partial charge on any atom is -0.396 e. The molecule has 7 heteroatoms. The fraction of sp³-hybridized carbons (Fsp3) is 0.160. The number of rotatable bonds is 7. The molecule has 3 aromatic heterocycles. The summed E-state index contributed by atoms with van der Waals surface area (Å²) in [7, 11) is 0. The molecule has 1 aromatic carbocycles. The maximum absolute atomic E-state index is 12.9. The first-order valence-corrected chi connectivity index (χ1v) is 10.5. The number of amides is 2. The van der Waals surface area contributed by atoms with Gasteiger partial charge in [-0.05, 0) is 30.2 Å². The zero-order valence-electron chi connectivity index (χ0n) is 17.4.